The number of hydrogen-bond acceptors (Lipinski definition) is 7. The Balaban J connectivity index is 1.82. The number of carbonyl (C=O) groups is 3. The summed E-state index contributed by atoms with van der Waals surface area (Å²) >= 11 is 0. The number of nitrogens with one attached hydrogen (secondary N) is 1. The van der Waals surface area contributed by atoms with Crippen LogP contribution in [0.25, 0.3) is 0 Å². The molecule has 182 valence electrons. The summed E-state index contributed by atoms with van der Waals surface area (Å²) in [6.45, 7) is 7.60. The van der Waals surface area contributed by atoms with Crippen LogP contribution in [0.1, 0.15) is 49.7 Å². The van der Waals surface area contributed by atoms with Gasteiger partial charge in [0.25, 0.3) is 0 Å². The molecule has 0 radical (unpaired) electrons. The first-order valence-corrected chi connectivity index (χ1v) is 11.6. The molecule has 0 spiro atoms. The molecule has 0 bridgehead atoms. The van der Waals surface area contributed by atoms with Gasteiger partial charge < -0.3 is 19.5 Å². The van der Waals surface area contributed by atoms with Crippen molar-refractivity contribution in [3.05, 3.63) is 83.2 Å². The molecular formula is C28H29NO6. The molecule has 1 aliphatic carbocycles. The van der Waals surface area contributed by atoms with E-state index < -0.39 is 23.8 Å². The van der Waals surface area contributed by atoms with Crippen LogP contribution in [0.4, 0.5) is 0 Å². The van der Waals surface area contributed by atoms with Crippen LogP contribution < -0.4 is 14.8 Å². The number of ether oxygens (including phenoxy) is 3. The van der Waals surface area contributed by atoms with Gasteiger partial charge in [-0.25, -0.2) is 0 Å². The van der Waals surface area contributed by atoms with E-state index in [1.165, 1.54) is 14.0 Å². The molecule has 0 fully saturated rings. The maximum absolute atomic E-state index is 13.6. The average Bonchev–Trinajstić information content (AvgIpc) is 2.84. The number of methoxy groups -OCH3 is 1. The van der Waals surface area contributed by atoms with Gasteiger partial charge in [-0.1, -0.05) is 43.0 Å². The van der Waals surface area contributed by atoms with Crippen LogP contribution in [0, 0.1) is 5.92 Å². The third kappa shape index (κ3) is 4.85. The summed E-state index contributed by atoms with van der Waals surface area (Å²) in [5, 5.41) is 3.25. The number of esters is 2. The highest BCUT2D eigenvalue weighted by Crippen LogP contribution is 2.48. The van der Waals surface area contributed by atoms with Crippen LogP contribution in [0.5, 0.6) is 11.5 Å². The van der Waals surface area contributed by atoms with Gasteiger partial charge in [0.1, 0.15) is 5.92 Å². The van der Waals surface area contributed by atoms with Crippen molar-refractivity contribution in [2.75, 3.05) is 13.7 Å². The summed E-state index contributed by atoms with van der Waals surface area (Å²) in [6, 6.07) is 15.0. The molecule has 3 unspecified atom stereocenters. The molecular weight excluding hydrogens is 446 g/mol. The van der Waals surface area contributed by atoms with E-state index in [1.807, 2.05) is 37.3 Å². The highest BCUT2D eigenvalue weighted by Gasteiger charge is 2.45. The van der Waals surface area contributed by atoms with E-state index >= 15 is 0 Å². The lowest BCUT2D eigenvalue weighted by Gasteiger charge is -2.40. The maximum Gasteiger partial charge on any atom is 0.315 e. The van der Waals surface area contributed by atoms with Crippen LogP contribution in [0.2, 0.25) is 0 Å². The Kier molecular flexibility index (Phi) is 7.05. The molecule has 7 heteroatoms. The van der Waals surface area contributed by atoms with Crippen LogP contribution in [0.3, 0.4) is 0 Å². The van der Waals surface area contributed by atoms with E-state index in [0.717, 1.165) is 11.3 Å². The molecule has 1 heterocycles. The Morgan fingerprint density at radius 1 is 1.06 bits per heavy atom. The normalized spacial score (nSPS) is 21.6. The van der Waals surface area contributed by atoms with E-state index in [9.17, 15) is 14.4 Å². The number of rotatable bonds is 6. The summed E-state index contributed by atoms with van der Waals surface area (Å²) in [5.41, 5.74) is 3.58. The van der Waals surface area contributed by atoms with Crippen molar-refractivity contribution < 1.29 is 28.6 Å². The van der Waals surface area contributed by atoms with Crippen molar-refractivity contribution in [2.24, 2.45) is 5.92 Å². The van der Waals surface area contributed by atoms with Crippen molar-refractivity contribution in [3.63, 3.8) is 0 Å². The second kappa shape index (κ2) is 10.2. The molecule has 0 saturated heterocycles. The first-order valence-electron chi connectivity index (χ1n) is 11.6. The highest BCUT2D eigenvalue weighted by molar-refractivity contribution is 6.01. The highest BCUT2D eigenvalue weighted by atomic mass is 16.6. The average molecular weight is 476 g/mol. The van der Waals surface area contributed by atoms with E-state index in [1.54, 1.807) is 18.2 Å². The second-order valence-corrected chi connectivity index (χ2v) is 8.69. The van der Waals surface area contributed by atoms with Gasteiger partial charge in [-0.2, -0.15) is 0 Å². The third-order valence-corrected chi connectivity index (χ3v) is 6.45. The molecule has 7 nitrogen and oxygen atoms in total. The number of carbonyl (C=O) groups excluding carboxylic acids is 3. The van der Waals surface area contributed by atoms with Gasteiger partial charge in [0.05, 0.1) is 13.7 Å². The van der Waals surface area contributed by atoms with Crippen molar-refractivity contribution in [1.82, 2.24) is 5.32 Å². The van der Waals surface area contributed by atoms with Crippen LogP contribution in [0.15, 0.2) is 72.1 Å². The standard InChI is InChI=1S/C28H29NO6/c1-5-34-24-15-19(11-12-23(24)35-17(3)30)26-25(28(32)33-4)16(2)29-21-13-20(14-22(31)27(21)26)18-9-7-6-8-10-18/h6-12,15,20,25-26,29H,2,5,13-14H2,1,3-4H3. The fraction of sp³-hybridized carbons (Fsp3) is 0.321. The molecule has 2 aromatic rings. The fourth-order valence-corrected chi connectivity index (χ4v) is 5.00. The zero-order valence-corrected chi connectivity index (χ0v) is 20.1. The Labute approximate surface area is 204 Å². The predicted molar refractivity (Wildman–Crippen MR) is 130 cm³/mol. The van der Waals surface area contributed by atoms with E-state index in [-0.39, 0.29) is 17.5 Å². The Bertz CT molecular complexity index is 1200. The zero-order chi connectivity index (χ0) is 25.1. The summed E-state index contributed by atoms with van der Waals surface area (Å²) < 4.78 is 16.1. The first-order chi connectivity index (χ1) is 16.8. The predicted octanol–water partition coefficient (Wildman–Crippen LogP) is 4.40. The molecule has 3 atom stereocenters. The van der Waals surface area contributed by atoms with E-state index in [4.69, 9.17) is 14.2 Å². The lowest BCUT2D eigenvalue weighted by molar-refractivity contribution is -0.144. The van der Waals surface area contributed by atoms with Crippen molar-refractivity contribution >= 4 is 17.7 Å². The van der Waals surface area contributed by atoms with E-state index in [2.05, 4.69) is 11.9 Å². The van der Waals surface area contributed by atoms with Crippen molar-refractivity contribution in [3.8, 4) is 11.5 Å². The van der Waals surface area contributed by atoms with Gasteiger partial charge in [-0.3, -0.25) is 14.4 Å². The lowest BCUT2D eigenvalue weighted by Crippen LogP contribution is -2.42. The molecule has 35 heavy (non-hydrogen) atoms. The van der Waals surface area contributed by atoms with Gasteiger partial charge in [0.15, 0.2) is 17.3 Å². The molecule has 1 aliphatic heterocycles. The number of allylic oxidation sites excluding steroid dienone is 2. The topological polar surface area (TPSA) is 90.9 Å². The molecule has 2 aromatic carbocycles. The van der Waals surface area contributed by atoms with Crippen molar-refractivity contribution in [1.29, 1.82) is 0 Å². The lowest BCUT2D eigenvalue weighted by atomic mass is 9.69. The van der Waals surface area contributed by atoms with Gasteiger partial charge in [-0.15, -0.1) is 0 Å². The molecule has 2 aliphatic rings. The molecule has 0 saturated carbocycles. The largest absolute Gasteiger partial charge is 0.490 e. The number of benzene rings is 2. The quantitative estimate of drug-likeness (QED) is 0.489. The van der Waals surface area contributed by atoms with E-state index in [0.29, 0.717) is 42.0 Å². The molecule has 0 amide bonds. The molecule has 1 N–H and O–H groups in total. The molecule has 0 aromatic heterocycles. The van der Waals surface area contributed by atoms with Crippen molar-refractivity contribution in [2.45, 2.75) is 38.5 Å². The van der Waals surface area contributed by atoms with Gasteiger partial charge in [-0.05, 0) is 42.5 Å². The number of ketones is 1. The maximum atomic E-state index is 13.6. The first kappa shape index (κ1) is 24.3. The molecule has 4 rings (SSSR count). The Morgan fingerprint density at radius 2 is 1.80 bits per heavy atom. The van der Waals surface area contributed by atoms with Gasteiger partial charge in [0, 0.05) is 36.2 Å². The minimum absolute atomic E-state index is 0.0268. The fourth-order valence-electron chi connectivity index (χ4n) is 5.00. The van der Waals surface area contributed by atoms with Gasteiger partial charge >= 0.3 is 11.9 Å². The monoisotopic (exact) mass is 475 g/mol. The zero-order valence-electron chi connectivity index (χ0n) is 20.1. The Morgan fingerprint density at radius 3 is 2.46 bits per heavy atom. The SMILES string of the molecule is C=C1NC2=C(C(=O)CC(c3ccccc3)C2)C(c2ccc(OC(C)=O)c(OCC)c2)C1C(=O)OC. The van der Waals surface area contributed by atoms with Crippen LogP contribution in [-0.4, -0.2) is 31.4 Å². The summed E-state index contributed by atoms with van der Waals surface area (Å²) in [6.07, 6.45) is 0.962. The summed E-state index contributed by atoms with van der Waals surface area (Å²) in [5.74, 6) is -1.73. The second-order valence-electron chi connectivity index (χ2n) is 8.69. The minimum Gasteiger partial charge on any atom is -0.490 e. The van der Waals surface area contributed by atoms with Gasteiger partial charge in [0.2, 0.25) is 0 Å². The van der Waals surface area contributed by atoms with Crippen LogP contribution >= 0.6 is 0 Å². The smallest absolute Gasteiger partial charge is 0.315 e. The minimum atomic E-state index is -0.801. The summed E-state index contributed by atoms with van der Waals surface area (Å²) in [7, 11) is 1.32. The summed E-state index contributed by atoms with van der Waals surface area (Å²) in [4.78, 5) is 38.0. The number of hydrogen-bond donors (Lipinski definition) is 1. The van der Waals surface area contributed by atoms with Crippen LogP contribution in [-0.2, 0) is 19.1 Å². The third-order valence-electron chi connectivity index (χ3n) is 6.45. The number of Topliss-reactive ketones (excluding diaryl/α,β-unsaturated/α-hetero) is 1. The Hall–Kier alpha value is -3.87.